The number of carbonyl (C=O) groups is 1. The van der Waals surface area contributed by atoms with Crippen molar-refractivity contribution in [3.8, 4) is 11.5 Å². The number of rotatable bonds is 4. The third-order valence-corrected chi connectivity index (χ3v) is 3.38. The molecule has 0 atom stereocenters. The highest BCUT2D eigenvalue weighted by atomic mass is 16.5. The largest absolute Gasteiger partial charge is 0.508 e. The number of aldehydes is 1. The van der Waals surface area contributed by atoms with Crippen molar-refractivity contribution in [1.82, 2.24) is 0 Å². The molecular formula is C18H14O4. The van der Waals surface area contributed by atoms with Crippen LogP contribution in [0.4, 0.5) is 0 Å². The van der Waals surface area contributed by atoms with Crippen molar-refractivity contribution in [1.29, 1.82) is 0 Å². The Bertz CT molecular complexity index is 859. The third kappa shape index (κ3) is 2.59. The predicted molar refractivity (Wildman–Crippen MR) is 85.2 cm³/mol. The summed E-state index contributed by atoms with van der Waals surface area (Å²) in [5.41, 5.74) is 1.91. The summed E-state index contributed by atoms with van der Waals surface area (Å²) in [7, 11) is 1.61. The van der Waals surface area contributed by atoms with Crippen LogP contribution in [0.5, 0.6) is 11.5 Å². The second-order valence-corrected chi connectivity index (χ2v) is 4.79. The van der Waals surface area contributed by atoms with Crippen LogP contribution in [0.15, 0.2) is 46.9 Å². The number of methoxy groups -OCH3 is 1. The molecular weight excluding hydrogens is 280 g/mol. The number of hydrogen-bond acceptors (Lipinski definition) is 4. The number of benzene rings is 2. The van der Waals surface area contributed by atoms with Gasteiger partial charge in [0, 0.05) is 5.39 Å². The van der Waals surface area contributed by atoms with Crippen molar-refractivity contribution in [2.45, 2.75) is 0 Å². The molecule has 0 radical (unpaired) electrons. The molecule has 110 valence electrons. The average Bonchev–Trinajstić information content (AvgIpc) is 2.89. The molecule has 22 heavy (non-hydrogen) atoms. The van der Waals surface area contributed by atoms with Gasteiger partial charge in [0.15, 0.2) is 6.29 Å². The van der Waals surface area contributed by atoms with Gasteiger partial charge >= 0.3 is 0 Å². The summed E-state index contributed by atoms with van der Waals surface area (Å²) in [6.07, 6.45) is 4.30. The van der Waals surface area contributed by atoms with Gasteiger partial charge in [0.25, 0.3) is 0 Å². The second-order valence-electron chi connectivity index (χ2n) is 4.79. The molecule has 0 unspecified atom stereocenters. The molecule has 1 heterocycles. The van der Waals surface area contributed by atoms with Crippen molar-refractivity contribution in [3.05, 3.63) is 59.4 Å². The van der Waals surface area contributed by atoms with Crippen molar-refractivity contribution in [2.24, 2.45) is 0 Å². The topological polar surface area (TPSA) is 59.7 Å². The summed E-state index contributed by atoms with van der Waals surface area (Å²) in [5.74, 6) is 1.31. The highest BCUT2D eigenvalue weighted by Crippen LogP contribution is 2.29. The molecule has 0 fully saturated rings. The summed E-state index contributed by atoms with van der Waals surface area (Å²) >= 11 is 0. The van der Waals surface area contributed by atoms with Gasteiger partial charge in [-0.15, -0.1) is 0 Å². The predicted octanol–water partition coefficient (Wildman–Crippen LogP) is 4.13. The monoisotopic (exact) mass is 294 g/mol. The van der Waals surface area contributed by atoms with Gasteiger partial charge in [-0.2, -0.15) is 0 Å². The van der Waals surface area contributed by atoms with Crippen LogP contribution in [0.25, 0.3) is 23.1 Å². The van der Waals surface area contributed by atoms with Crippen LogP contribution >= 0.6 is 0 Å². The van der Waals surface area contributed by atoms with Crippen LogP contribution in [-0.2, 0) is 0 Å². The molecule has 0 amide bonds. The van der Waals surface area contributed by atoms with E-state index in [1.165, 1.54) is 12.1 Å². The van der Waals surface area contributed by atoms with Crippen molar-refractivity contribution >= 4 is 29.4 Å². The van der Waals surface area contributed by atoms with E-state index in [2.05, 4.69) is 0 Å². The maximum Gasteiger partial charge on any atom is 0.154 e. The first-order chi connectivity index (χ1) is 10.7. The van der Waals surface area contributed by atoms with E-state index in [9.17, 15) is 9.90 Å². The van der Waals surface area contributed by atoms with E-state index in [-0.39, 0.29) is 5.75 Å². The molecule has 3 aromatic rings. The van der Waals surface area contributed by atoms with Gasteiger partial charge < -0.3 is 14.3 Å². The first-order valence-corrected chi connectivity index (χ1v) is 6.74. The Kier molecular flexibility index (Phi) is 3.66. The van der Waals surface area contributed by atoms with Gasteiger partial charge in [0.2, 0.25) is 0 Å². The smallest absolute Gasteiger partial charge is 0.154 e. The van der Waals surface area contributed by atoms with E-state index in [1.54, 1.807) is 19.3 Å². The Morgan fingerprint density at radius 1 is 1.14 bits per heavy atom. The first kappa shape index (κ1) is 13.9. The molecule has 0 saturated carbocycles. The number of furan rings is 1. The molecule has 1 N–H and O–H groups in total. The standard InChI is InChI=1S/C18H14O4/c1-21-14-4-2-3-12(9-14)5-7-18-16(11-19)15-10-13(20)6-8-17(15)22-18/h2-11,20H,1H3. The normalized spacial score (nSPS) is 11.1. The zero-order valence-electron chi connectivity index (χ0n) is 11.9. The summed E-state index contributed by atoms with van der Waals surface area (Å²) < 4.78 is 10.8. The van der Waals surface area contributed by atoms with Crippen LogP contribution in [-0.4, -0.2) is 18.5 Å². The minimum Gasteiger partial charge on any atom is -0.508 e. The molecule has 3 rings (SSSR count). The maximum absolute atomic E-state index is 11.3. The van der Waals surface area contributed by atoms with Crippen LogP contribution in [0.2, 0.25) is 0 Å². The van der Waals surface area contributed by atoms with Gasteiger partial charge in [-0.25, -0.2) is 0 Å². The fourth-order valence-electron chi connectivity index (χ4n) is 2.29. The number of ether oxygens (including phenoxy) is 1. The number of hydrogen-bond donors (Lipinski definition) is 1. The Morgan fingerprint density at radius 2 is 2.00 bits per heavy atom. The molecule has 4 nitrogen and oxygen atoms in total. The lowest BCUT2D eigenvalue weighted by molar-refractivity contribution is 0.112. The molecule has 0 aliphatic carbocycles. The first-order valence-electron chi connectivity index (χ1n) is 6.74. The number of carbonyl (C=O) groups excluding carboxylic acids is 1. The van der Waals surface area contributed by atoms with Gasteiger partial charge in [0.05, 0.1) is 12.7 Å². The molecule has 0 bridgehead atoms. The quantitative estimate of drug-likeness (QED) is 0.735. The zero-order chi connectivity index (χ0) is 15.5. The minimum absolute atomic E-state index is 0.0970. The van der Waals surface area contributed by atoms with E-state index in [1.807, 2.05) is 30.3 Å². The molecule has 0 aliphatic heterocycles. The van der Waals surface area contributed by atoms with Crippen LogP contribution in [0.1, 0.15) is 21.7 Å². The molecule has 0 aliphatic rings. The van der Waals surface area contributed by atoms with Crippen molar-refractivity contribution in [3.63, 3.8) is 0 Å². The number of fused-ring (bicyclic) bond motifs is 1. The van der Waals surface area contributed by atoms with E-state index < -0.39 is 0 Å². The van der Waals surface area contributed by atoms with Gasteiger partial charge in [-0.3, -0.25) is 4.79 Å². The lowest BCUT2D eigenvalue weighted by Crippen LogP contribution is -1.83. The van der Waals surface area contributed by atoms with Gasteiger partial charge in [0.1, 0.15) is 22.8 Å². The molecule has 0 saturated heterocycles. The van der Waals surface area contributed by atoms with E-state index >= 15 is 0 Å². The highest BCUT2D eigenvalue weighted by molar-refractivity contribution is 6.00. The molecule has 1 aromatic heterocycles. The summed E-state index contributed by atoms with van der Waals surface area (Å²) in [5, 5.41) is 10.1. The number of aromatic hydroxyl groups is 1. The van der Waals surface area contributed by atoms with Crippen LogP contribution in [0, 0.1) is 0 Å². The fraction of sp³-hybridized carbons (Fsp3) is 0.0556. The van der Waals surface area contributed by atoms with Crippen LogP contribution in [0.3, 0.4) is 0 Å². The van der Waals surface area contributed by atoms with Crippen LogP contribution < -0.4 is 4.74 Å². The summed E-state index contributed by atoms with van der Waals surface area (Å²) in [6.45, 7) is 0. The summed E-state index contributed by atoms with van der Waals surface area (Å²) in [6, 6.07) is 12.2. The number of phenolic OH excluding ortho intramolecular Hbond substituents is 1. The third-order valence-electron chi connectivity index (χ3n) is 3.38. The zero-order valence-corrected chi connectivity index (χ0v) is 11.9. The molecule has 2 aromatic carbocycles. The Labute approximate surface area is 127 Å². The van der Waals surface area contributed by atoms with Crippen molar-refractivity contribution < 1.29 is 19.1 Å². The lowest BCUT2D eigenvalue weighted by Gasteiger charge is -1.99. The lowest BCUT2D eigenvalue weighted by atomic mass is 10.1. The SMILES string of the molecule is COc1cccc(C=Cc2oc3ccc(O)cc3c2C=O)c1. The summed E-state index contributed by atoms with van der Waals surface area (Å²) in [4.78, 5) is 11.3. The number of phenols is 1. The fourth-order valence-corrected chi connectivity index (χ4v) is 2.29. The maximum atomic E-state index is 11.3. The second kappa shape index (κ2) is 5.77. The molecule has 4 heteroatoms. The van der Waals surface area contributed by atoms with E-state index in [0.717, 1.165) is 17.6 Å². The van der Waals surface area contributed by atoms with Gasteiger partial charge in [-0.1, -0.05) is 18.2 Å². The molecule has 0 spiro atoms. The average molecular weight is 294 g/mol. The Hall–Kier alpha value is -3.01. The highest BCUT2D eigenvalue weighted by Gasteiger charge is 2.12. The van der Waals surface area contributed by atoms with E-state index in [0.29, 0.717) is 22.3 Å². The van der Waals surface area contributed by atoms with E-state index in [4.69, 9.17) is 9.15 Å². The van der Waals surface area contributed by atoms with Gasteiger partial charge in [-0.05, 0) is 42.0 Å². The Morgan fingerprint density at radius 3 is 2.77 bits per heavy atom. The van der Waals surface area contributed by atoms with Crippen molar-refractivity contribution in [2.75, 3.05) is 7.11 Å². The Balaban J connectivity index is 2.02. The minimum atomic E-state index is 0.0970.